The van der Waals surface area contributed by atoms with Crippen LogP contribution in [0.2, 0.25) is 0 Å². The van der Waals surface area contributed by atoms with Crippen LogP contribution in [0.4, 0.5) is 29.2 Å². The van der Waals surface area contributed by atoms with Crippen molar-refractivity contribution >= 4 is 11.6 Å². The zero-order chi connectivity index (χ0) is 16.6. The lowest BCUT2D eigenvalue weighted by Gasteiger charge is -2.24. The van der Waals surface area contributed by atoms with E-state index < -0.39 is 17.6 Å². The van der Waals surface area contributed by atoms with Crippen LogP contribution in [0.25, 0.3) is 0 Å². The minimum Gasteiger partial charge on any atom is -0.381 e. The molecular weight excluding hydrogens is 312 g/mol. The highest BCUT2D eigenvalue weighted by atomic mass is 19.4. The third-order valence-electron chi connectivity index (χ3n) is 3.69. The molecular formula is C15H14F4N4. The van der Waals surface area contributed by atoms with E-state index in [0.29, 0.717) is 5.56 Å². The van der Waals surface area contributed by atoms with Crippen LogP contribution in [0.15, 0.2) is 30.6 Å². The first-order chi connectivity index (χ1) is 10.9. The summed E-state index contributed by atoms with van der Waals surface area (Å²) in [4.78, 5) is 9.24. The summed E-state index contributed by atoms with van der Waals surface area (Å²) in [6.45, 7) is 0.260. The van der Waals surface area contributed by atoms with E-state index in [1.807, 2.05) is 0 Å². The van der Waals surface area contributed by atoms with Gasteiger partial charge in [-0.25, -0.2) is 9.97 Å². The summed E-state index contributed by atoms with van der Waals surface area (Å²) in [5, 5.41) is 0. The van der Waals surface area contributed by atoms with Gasteiger partial charge in [-0.15, -0.1) is 0 Å². The molecule has 1 aliphatic carbocycles. The predicted octanol–water partition coefficient (Wildman–Crippen LogP) is 3.39. The van der Waals surface area contributed by atoms with Gasteiger partial charge in [-0.2, -0.15) is 17.6 Å². The minimum atomic E-state index is -4.37. The van der Waals surface area contributed by atoms with Crippen molar-refractivity contribution in [2.45, 2.75) is 31.6 Å². The largest absolute Gasteiger partial charge is 0.416 e. The second-order valence-corrected chi connectivity index (χ2v) is 5.45. The van der Waals surface area contributed by atoms with Gasteiger partial charge in [0.15, 0.2) is 11.6 Å². The van der Waals surface area contributed by atoms with E-state index in [0.717, 1.165) is 25.0 Å². The van der Waals surface area contributed by atoms with Crippen LogP contribution in [0.1, 0.15) is 24.0 Å². The number of anilines is 2. The summed E-state index contributed by atoms with van der Waals surface area (Å²) < 4.78 is 51.9. The Bertz CT molecular complexity index is 696. The van der Waals surface area contributed by atoms with E-state index in [1.54, 1.807) is 4.90 Å². The van der Waals surface area contributed by atoms with Gasteiger partial charge in [-0.1, -0.05) is 12.1 Å². The predicted molar refractivity (Wildman–Crippen MR) is 77.1 cm³/mol. The molecule has 0 bridgehead atoms. The van der Waals surface area contributed by atoms with Crippen molar-refractivity contribution in [1.29, 1.82) is 0 Å². The van der Waals surface area contributed by atoms with Gasteiger partial charge in [-0.05, 0) is 30.5 Å². The Morgan fingerprint density at radius 2 is 1.78 bits per heavy atom. The van der Waals surface area contributed by atoms with E-state index in [4.69, 9.17) is 5.73 Å². The lowest BCUT2D eigenvalue weighted by atomic mass is 10.1. The van der Waals surface area contributed by atoms with Gasteiger partial charge in [0.25, 0.3) is 0 Å². The first-order valence-electron chi connectivity index (χ1n) is 7.05. The molecule has 1 aromatic carbocycles. The fourth-order valence-corrected chi connectivity index (χ4v) is 2.33. The second-order valence-electron chi connectivity index (χ2n) is 5.45. The van der Waals surface area contributed by atoms with Crippen molar-refractivity contribution in [3.63, 3.8) is 0 Å². The highest BCUT2D eigenvalue weighted by molar-refractivity contribution is 5.50. The summed E-state index contributed by atoms with van der Waals surface area (Å²) in [5.74, 6) is -0.862. The molecule has 1 aromatic heterocycles. The van der Waals surface area contributed by atoms with Crippen LogP contribution < -0.4 is 10.6 Å². The van der Waals surface area contributed by atoms with Gasteiger partial charge < -0.3 is 10.6 Å². The number of nitrogen functional groups attached to an aromatic ring is 1. The summed E-state index contributed by atoms with van der Waals surface area (Å²) >= 11 is 0. The number of aromatic nitrogens is 2. The van der Waals surface area contributed by atoms with E-state index in [2.05, 4.69) is 9.97 Å². The highest BCUT2D eigenvalue weighted by Gasteiger charge is 2.33. The molecule has 2 N–H and O–H groups in total. The lowest BCUT2D eigenvalue weighted by Crippen LogP contribution is -2.27. The number of halogens is 4. The van der Waals surface area contributed by atoms with Gasteiger partial charge in [0.1, 0.15) is 6.33 Å². The van der Waals surface area contributed by atoms with E-state index in [1.165, 1.54) is 18.5 Å². The van der Waals surface area contributed by atoms with Crippen LogP contribution in [0.3, 0.4) is 0 Å². The zero-order valence-corrected chi connectivity index (χ0v) is 12.0. The van der Waals surface area contributed by atoms with Gasteiger partial charge in [-0.3, -0.25) is 0 Å². The van der Waals surface area contributed by atoms with E-state index in [9.17, 15) is 17.6 Å². The molecule has 2 aromatic rings. The molecule has 4 nitrogen and oxygen atoms in total. The number of nitrogens with two attached hydrogens (primary N) is 1. The molecule has 0 radical (unpaired) electrons. The number of hydrogen-bond acceptors (Lipinski definition) is 4. The number of benzene rings is 1. The van der Waals surface area contributed by atoms with Gasteiger partial charge >= 0.3 is 6.18 Å². The van der Waals surface area contributed by atoms with Crippen molar-refractivity contribution < 1.29 is 17.6 Å². The maximum Gasteiger partial charge on any atom is 0.416 e. The first kappa shape index (κ1) is 15.5. The van der Waals surface area contributed by atoms with Crippen LogP contribution >= 0.6 is 0 Å². The molecule has 0 amide bonds. The maximum absolute atomic E-state index is 14.1. The average molecular weight is 326 g/mol. The maximum atomic E-state index is 14.1. The Labute approximate surface area is 130 Å². The summed E-state index contributed by atoms with van der Waals surface area (Å²) in [5.41, 5.74) is 5.39. The average Bonchev–Trinajstić information content (AvgIpc) is 3.32. The molecule has 1 saturated carbocycles. The van der Waals surface area contributed by atoms with Crippen molar-refractivity contribution in [3.8, 4) is 0 Å². The fourth-order valence-electron chi connectivity index (χ4n) is 2.33. The molecule has 1 aliphatic rings. The monoisotopic (exact) mass is 326 g/mol. The van der Waals surface area contributed by atoms with Crippen LogP contribution in [0, 0.1) is 5.82 Å². The smallest absolute Gasteiger partial charge is 0.381 e. The molecule has 0 spiro atoms. The third kappa shape index (κ3) is 3.35. The Balaban J connectivity index is 1.85. The number of nitrogens with zero attached hydrogens (tertiary/aromatic N) is 3. The Kier molecular flexibility index (Phi) is 3.83. The van der Waals surface area contributed by atoms with Gasteiger partial charge in [0.2, 0.25) is 5.82 Å². The van der Waals surface area contributed by atoms with Crippen LogP contribution in [-0.2, 0) is 12.7 Å². The first-order valence-corrected chi connectivity index (χ1v) is 7.05. The lowest BCUT2D eigenvalue weighted by molar-refractivity contribution is -0.137. The minimum absolute atomic E-state index is 0.0832. The van der Waals surface area contributed by atoms with Crippen LogP contribution in [0.5, 0.6) is 0 Å². The molecule has 8 heteroatoms. The third-order valence-corrected chi connectivity index (χ3v) is 3.69. The molecule has 0 unspecified atom stereocenters. The fraction of sp³-hybridized carbons (Fsp3) is 0.333. The van der Waals surface area contributed by atoms with Crippen molar-refractivity contribution in [2.24, 2.45) is 0 Å². The molecule has 122 valence electrons. The molecule has 0 atom stereocenters. The molecule has 3 rings (SSSR count). The summed E-state index contributed by atoms with van der Waals surface area (Å²) in [7, 11) is 0. The Hall–Kier alpha value is -2.38. The van der Waals surface area contributed by atoms with Gasteiger partial charge in [0.05, 0.1) is 5.56 Å². The Morgan fingerprint density at radius 3 is 2.35 bits per heavy atom. The standard InChI is InChI=1S/C15H14F4N4/c16-12-13(20)21-8-22-14(12)23(11-5-6-11)7-9-1-3-10(4-2-9)15(17,18)19/h1-4,8,11H,5-7H2,(H2,20,21,22). The topological polar surface area (TPSA) is 55.0 Å². The van der Waals surface area contributed by atoms with E-state index in [-0.39, 0.29) is 24.2 Å². The zero-order valence-electron chi connectivity index (χ0n) is 12.0. The van der Waals surface area contributed by atoms with Crippen molar-refractivity contribution in [1.82, 2.24) is 9.97 Å². The van der Waals surface area contributed by atoms with Crippen molar-refractivity contribution in [2.75, 3.05) is 10.6 Å². The number of rotatable bonds is 4. The molecule has 1 heterocycles. The summed E-state index contributed by atoms with van der Waals surface area (Å²) in [6.07, 6.45) is -1.44. The number of alkyl halides is 3. The second kappa shape index (κ2) is 5.68. The quantitative estimate of drug-likeness (QED) is 0.875. The Morgan fingerprint density at radius 1 is 1.13 bits per heavy atom. The normalized spacial score (nSPS) is 14.8. The van der Waals surface area contributed by atoms with Gasteiger partial charge in [0, 0.05) is 12.6 Å². The van der Waals surface area contributed by atoms with Crippen LogP contribution in [-0.4, -0.2) is 16.0 Å². The highest BCUT2D eigenvalue weighted by Crippen LogP contribution is 2.34. The summed E-state index contributed by atoms with van der Waals surface area (Å²) in [6, 6.07) is 4.93. The molecule has 0 aliphatic heterocycles. The number of hydrogen-bond donors (Lipinski definition) is 1. The molecule has 23 heavy (non-hydrogen) atoms. The van der Waals surface area contributed by atoms with Crippen molar-refractivity contribution in [3.05, 3.63) is 47.5 Å². The van der Waals surface area contributed by atoms with E-state index >= 15 is 0 Å². The molecule has 0 saturated heterocycles. The SMILES string of the molecule is Nc1ncnc(N(Cc2ccc(C(F)(F)F)cc2)C2CC2)c1F. The molecule has 1 fully saturated rings.